The summed E-state index contributed by atoms with van der Waals surface area (Å²) in [7, 11) is 3.38. The third-order valence-electron chi connectivity index (χ3n) is 4.36. The van der Waals surface area contributed by atoms with Crippen LogP contribution in [0.2, 0.25) is 0 Å². The van der Waals surface area contributed by atoms with Crippen LogP contribution in [0.25, 0.3) is 0 Å². The lowest BCUT2D eigenvalue weighted by Gasteiger charge is -2.23. The largest absolute Gasteiger partial charge is 0.497 e. The summed E-state index contributed by atoms with van der Waals surface area (Å²) in [5.74, 6) is 1.69. The summed E-state index contributed by atoms with van der Waals surface area (Å²) in [5, 5.41) is 3.66. The van der Waals surface area contributed by atoms with Gasteiger partial charge in [0.05, 0.1) is 19.9 Å². The van der Waals surface area contributed by atoms with Crippen molar-refractivity contribution in [2.24, 2.45) is 0 Å². The summed E-state index contributed by atoms with van der Waals surface area (Å²) in [4.78, 5) is 2.60. The van der Waals surface area contributed by atoms with E-state index in [9.17, 15) is 0 Å². The predicted octanol–water partition coefficient (Wildman–Crippen LogP) is 2.35. The quantitative estimate of drug-likeness (QED) is 0.903. The number of methoxy groups -OCH3 is 2. The van der Waals surface area contributed by atoms with E-state index in [2.05, 4.69) is 16.3 Å². The molecule has 2 fully saturated rings. The molecular formula is C15H22N2O2. The molecule has 0 amide bonds. The fraction of sp³-hybridized carbons (Fsp3) is 0.600. The second-order valence-corrected chi connectivity index (χ2v) is 5.35. The summed E-state index contributed by atoms with van der Waals surface area (Å²) in [6.07, 6.45) is 3.87. The average molecular weight is 262 g/mol. The van der Waals surface area contributed by atoms with E-state index in [1.165, 1.54) is 32.4 Å². The van der Waals surface area contributed by atoms with E-state index >= 15 is 0 Å². The summed E-state index contributed by atoms with van der Waals surface area (Å²) in [5.41, 5.74) is 1.07. The standard InChI is InChI=1S/C15H22N2O2/c1-18-11-5-6-13(15(10-11)19-2)16-12-7-9-17-8-3-4-14(12)17/h5-6,10,12,14,16H,3-4,7-9H2,1-2H3. The van der Waals surface area contributed by atoms with Gasteiger partial charge in [0.15, 0.2) is 0 Å². The van der Waals surface area contributed by atoms with Gasteiger partial charge < -0.3 is 14.8 Å². The van der Waals surface area contributed by atoms with E-state index in [0.717, 1.165) is 17.2 Å². The molecule has 104 valence electrons. The first-order valence-electron chi connectivity index (χ1n) is 7.04. The molecule has 0 saturated carbocycles. The zero-order valence-corrected chi connectivity index (χ0v) is 11.7. The Morgan fingerprint density at radius 3 is 2.84 bits per heavy atom. The molecule has 19 heavy (non-hydrogen) atoms. The summed E-state index contributed by atoms with van der Waals surface area (Å²) >= 11 is 0. The molecular weight excluding hydrogens is 240 g/mol. The number of fused-ring (bicyclic) bond motifs is 1. The number of rotatable bonds is 4. The summed E-state index contributed by atoms with van der Waals surface area (Å²) < 4.78 is 10.7. The van der Waals surface area contributed by atoms with Crippen molar-refractivity contribution in [1.29, 1.82) is 0 Å². The van der Waals surface area contributed by atoms with Crippen molar-refractivity contribution >= 4 is 5.69 Å². The normalized spacial score (nSPS) is 26.2. The van der Waals surface area contributed by atoms with Crippen LogP contribution in [0.3, 0.4) is 0 Å². The molecule has 4 nitrogen and oxygen atoms in total. The zero-order valence-electron chi connectivity index (χ0n) is 11.7. The van der Waals surface area contributed by atoms with Crippen molar-refractivity contribution in [3.05, 3.63) is 18.2 Å². The first-order valence-corrected chi connectivity index (χ1v) is 7.04. The molecule has 0 spiro atoms. The summed E-state index contributed by atoms with van der Waals surface area (Å²) in [6, 6.07) is 7.21. The minimum Gasteiger partial charge on any atom is -0.497 e. The third kappa shape index (κ3) is 2.37. The Labute approximate surface area is 114 Å². The van der Waals surface area contributed by atoms with Crippen molar-refractivity contribution < 1.29 is 9.47 Å². The SMILES string of the molecule is COc1ccc(NC2CCN3CCCC23)c(OC)c1. The Balaban J connectivity index is 1.75. The van der Waals surface area contributed by atoms with Crippen LogP contribution in [-0.4, -0.2) is 44.3 Å². The molecule has 0 radical (unpaired) electrons. The minimum absolute atomic E-state index is 0.546. The molecule has 2 heterocycles. The molecule has 1 N–H and O–H groups in total. The first kappa shape index (κ1) is 12.6. The fourth-order valence-electron chi connectivity index (χ4n) is 3.37. The number of benzene rings is 1. The van der Waals surface area contributed by atoms with Crippen LogP contribution < -0.4 is 14.8 Å². The van der Waals surface area contributed by atoms with Crippen LogP contribution >= 0.6 is 0 Å². The van der Waals surface area contributed by atoms with Gasteiger partial charge in [-0.05, 0) is 37.9 Å². The van der Waals surface area contributed by atoms with Crippen molar-refractivity contribution in [2.75, 3.05) is 32.6 Å². The third-order valence-corrected chi connectivity index (χ3v) is 4.36. The maximum Gasteiger partial charge on any atom is 0.145 e. The molecule has 1 aromatic carbocycles. The molecule has 2 aliphatic rings. The van der Waals surface area contributed by atoms with Gasteiger partial charge >= 0.3 is 0 Å². The Hall–Kier alpha value is -1.42. The van der Waals surface area contributed by atoms with Crippen LogP contribution in [0.5, 0.6) is 11.5 Å². The first-order chi connectivity index (χ1) is 9.31. The molecule has 1 aromatic rings. The second kappa shape index (κ2) is 5.29. The smallest absolute Gasteiger partial charge is 0.145 e. The molecule has 0 aromatic heterocycles. The van der Waals surface area contributed by atoms with Gasteiger partial charge in [0.2, 0.25) is 0 Å². The number of nitrogens with zero attached hydrogens (tertiary/aromatic N) is 1. The molecule has 2 saturated heterocycles. The van der Waals surface area contributed by atoms with E-state index in [1.54, 1.807) is 14.2 Å². The number of hydrogen-bond donors (Lipinski definition) is 1. The zero-order chi connectivity index (χ0) is 13.2. The highest BCUT2D eigenvalue weighted by Crippen LogP contribution is 2.34. The average Bonchev–Trinajstić information content (AvgIpc) is 3.04. The van der Waals surface area contributed by atoms with Gasteiger partial charge in [-0.2, -0.15) is 0 Å². The molecule has 4 heteroatoms. The molecule has 0 bridgehead atoms. The Kier molecular flexibility index (Phi) is 3.51. The van der Waals surface area contributed by atoms with E-state index in [4.69, 9.17) is 9.47 Å². The maximum absolute atomic E-state index is 5.45. The number of anilines is 1. The van der Waals surface area contributed by atoms with Crippen molar-refractivity contribution in [3.8, 4) is 11.5 Å². The Morgan fingerprint density at radius 2 is 2.05 bits per heavy atom. The van der Waals surface area contributed by atoms with Crippen molar-refractivity contribution in [2.45, 2.75) is 31.3 Å². The minimum atomic E-state index is 0.546. The molecule has 2 unspecified atom stereocenters. The van der Waals surface area contributed by atoms with Crippen LogP contribution in [0.4, 0.5) is 5.69 Å². The van der Waals surface area contributed by atoms with Crippen molar-refractivity contribution in [1.82, 2.24) is 4.90 Å². The topological polar surface area (TPSA) is 33.7 Å². The highest BCUT2D eigenvalue weighted by atomic mass is 16.5. The molecule has 3 rings (SSSR count). The van der Waals surface area contributed by atoms with E-state index in [-0.39, 0.29) is 0 Å². The molecule has 2 aliphatic heterocycles. The maximum atomic E-state index is 5.45. The van der Waals surface area contributed by atoms with E-state index in [1.807, 2.05) is 12.1 Å². The van der Waals surface area contributed by atoms with Crippen LogP contribution in [-0.2, 0) is 0 Å². The lowest BCUT2D eigenvalue weighted by atomic mass is 10.1. The van der Waals surface area contributed by atoms with E-state index < -0.39 is 0 Å². The lowest BCUT2D eigenvalue weighted by molar-refractivity contribution is 0.318. The monoisotopic (exact) mass is 262 g/mol. The van der Waals surface area contributed by atoms with Gasteiger partial charge in [-0.25, -0.2) is 0 Å². The van der Waals surface area contributed by atoms with Crippen LogP contribution in [0, 0.1) is 0 Å². The van der Waals surface area contributed by atoms with Crippen LogP contribution in [0.1, 0.15) is 19.3 Å². The Morgan fingerprint density at radius 1 is 1.16 bits per heavy atom. The molecule has 0 aliphatic carbocycles. The highest BCUT2D eigenvalue weighted by Gasteiger charge is 2.37. The van der Waals surface area contributed by atoms with Gasteiger partial charge in [-0.3, -0.25) is 4.90 Å². The van der Waals surface area contributed by atoms with Gasteiger partial charge in [0.25, 0.3) is 0 Å². The van der Waals surface area contributed by atoms with Gasteiger partial charge in [-0.15, -0.1) is 0 Å². The number of ether oxygens (including phenoxy) is 2. The lowest BCUT2D eigenvalue weighted by Crippen LogP contribution is -2.33. The van der Waals surface area contributed by atoms with Gasteiger partial charge in [0, 0.05) is 24.7 Å². The van der Waals surface area contributed by atoms with E-state index in [0.29, 0.717) is 12.1 Å². The van der Waals surface area contributed by atoms with Crippen LogP contribution in [0.15, 0.2) is 18.2 Å². The number of nitrogens with one attached hydrogen (secondary N) is 1. The predicted molar refractivity (Wildman–Crippen MR) is 76.2 cm³/mol. The molecule has 2 atom stereocenters. The van der Waals surface area contributed by atoms with Crippen molar-refractivity contribution in [3.63, 3.8) is 0 Å². The number of hydrogen-bond acceptors (Lipinski definition) is 4. The van der Waals surface area contributed by atoms with Gasteiger partial charge in [-0.1, -0.05) is 0 Å². The highest BCUT2D eigenvalue weighted by molar-refractivity contribution is 5.60. The van der Waals surface area contributed by atoms with Gasteiger partial charge in [0.1, 0.15) is 11.5 Å². The fourth-order valence-corrected chi connectivity index (χ4v) is 3.37. The second-order valence-electron chi connectivity index (χ2n) is 5.35. The summed E-state index contributed by atoms with van der Waals surface area (Å²) in [6.45, 7) is 2.49. The Bertz CT molecular complexity index is 450.